The second-order valence-electron chi connectivity index (χ2n) is 3.82. The Labute approximate surface area is 135 Å². The van der Waals surface area contributed by atoms with Crippen LogP contribution in [0.2, 0.25) is 8.67 Å². The lowest BCUT2D eigenvalue weighted by Crippen LogP contribution is -2.13. The van der Waals surface area contributed by atoms with Crippen molar-refractivity contribution in [2.75, 3.05) is 11.8 Å². The molecule has 21 heavy (non-hydrogen) atoms. The van der Waals surface area contributed by atoms with E-state index in [4.69, 9.17) is 33.2 Å². The van der Waals surface area contributed by atoms with Crippen molar-refractivity contribution >= 4 is 50.2 Å². The van der Waals surface area contributed by atoms with Crippen molar-refractivity contribution in [3.05, 3.63) is 38.5 Å². The zero-order valence-electron chi connectivity index (χ0n) is 10.6. The summed E-state index contributed by atoms with van der Waals surface area (Å²) in [5.74, 6) is 0.232. The largest absolute Gasteiger partial charge is 0.495 e. The molecule has 2 aromatic rings. The smallest absolute Gasteiger partial charge is 0.264 e. The highest BCUT2D eigenvalue weighted by Crippen LogP contribution is 2.36. The van der Waals surface area contributed by atoms with Crippen LogP contribution < -0.4 is 9.46 Å². The number of sulfonamides is 1. The number of rotatable bonds is 4. The normalized spacial score (nSPS) is 11.0. The summed E-state index contributed by atoms with van der Waals surface area (Å²) in [6.45, 7) is 0. The number of hydrogen-bond acceptors (Lipinski definition) is 5. The minimum atomic E-state index is -3.89. The van der Waals surface area contributed by atoms with Crippen molar-refractivity contribution in [1.29, 1.82) is 5.26 Å². The lowest BCUT2D eigenvalue weighted by molar-refractivity contribution is 0.416. The van der Waals surface area contributed by atoms with Gasteiger partial charge in [-0.3, -0.25) is 4.72 Å². The Hall–Kier alpha value is -1.46. The van der Waals surface area contributed by atoms with Gasteiger partial charge in [0.1, 0.15) is 15.0 Å². The van der Waals surface area contributed by atoms with Gasteiger partial charge < -0.3 is 4.74 Å². The summed E-state index contributed by atoms with van der Waals surface area (Å²) in [4.78, 5) is -0.106. The van der Waals surface area contributed by atoms with Crippen molar-refractivity contribution in [2.24, 2.45) is 0 Å². The third kappa shape index (κ3) is 3.41. The molecule has 1 heterocycles. The Morgan fingerprint density at radius 3 is 2.57 bits per heavy atom. The molecule has 0 atom stereocenters. The van der Waals surface area contributed by atoms with Crippen LogP contribution in [0.15, 0.2) is 29.2 Å². The molecule has 1 N–H and O–H groups in total. The molecule has 0 saturated heterocycles. The van der Waals surface area contributed by atoms with Gasteiger partial charge in [-0.1, -0.05) is 23.2 Å². The standard InChI is InChI=1S/C12H8Cl2N2O3S2/c1-19-9-4-7(6-15)2-3-8(9)16-21(17,18)10-5-11(13)20-12(10)14/h2-5,16H,1H3. The molecule has 0 bridgehead atoms. The van der Waals surface area contributed by atoms with Crippen molar-refractivity contribution in [3.63, 3.8) is 0 Å². The van der Waals surface area contributed by atoms with Gasteiger partial charge in [0.15, 0.2) is 0 Å². The van der Waals surface area contributed by atoms with Gasteiger partial charge in [0, 0.05) is 6.07 Å². The highest BCUT2D eigenvalue weighted by atomic mass is 35.5. The van der Waals surface area contributed by atoms with Gasteiger partial charge in [-0.2, -0.15) is 5.26 Å². The van der Waals surface area contributed by atoms with Crippen LogP contribution in [0, 0.1) is 11.3 Å². The molecule has 0 amide bonds. The van der Waals surface area contributed by atoms with Crippen LogP contribution in [0.5, 0.6) is 5.75 Å². The minimum Gasteiger partial charge on any atom is -0.495 e. The molecule has 9 heteroatoms. The number of hydrogen-bond donors (Lipinski definition) is 1. The number of halogens is 2. The van der Waals surface area contributed by atoms with Gasteiger partial charge in [0.25, 0.3) is 10.0 Å². The Bertz CT molecular complexity index is 826. The number of nitriles is 1. The average Bonchev–Trinajstić information content (AvgIpc) is 2.78. The van der Waals surface area contributed by atoms with Crippen molar-refractivity contribution in [1.82, 2.24) is 0 Å². The summed E-state index contributed by atoms with van der Waals surface area (Å²) < 4.78 is 32.4. The molecule has 0 fully saturated rings. The fourth-order valence-corrected chi connectivity index (χ4v) is 4.77. The second kappa shape index (κ2) is 6.12. The number of anilines is 1. The summed E-state index contributed by atoms with van der Waals surface area (Å²) in [6.07, 6.45) is 0. The molecule has 0 unspecified atom stereocenters. The van der Waals surface area contributed by atoms with E-state index in [9.17, 15) is 8.42 Å². The van der Waals surface area contributed by atoms with E-state index in [1.54, 1.807) is 0 Å². The van der Waals surface area contributed by atoms with Crippen LogP contribution in [0.25, 0.3) is 0 Å². The van der Waals surface area contributed by atoms with Crippen LogP contribution in [-0.2, 0) is 10.0 Å². The van der Waals surface area contributed by atoms with Crippen LogP contribution in [0.1, 0.15) is 5.56 Å². The topological polar surface area (TPSA) is 79.2 Å². The van der Waals surface area contributed by atoms with Crippen molar-refractivity contribution in [3.8, 4) is 11.8 Å². The van der Waals surface area contributed by atoms with Gasteiger partial charge in [0.2, 0.25) is 0 Å². The van der Waals surface area contributed by atoms with Gasteiger partial charge in [-0.25, -0.2) is 8.42 Å². The highest BCUT2D eigenvalue weighted by molar-refractivity contribution is 7.93. The number of benzene rings is 1. The first-order valence-corrected chi connectivity index (χ1v) is 8.48. The summed E-state index contributed by atoms with van der Waals surface area (Å²) in [6, 6.07) is 7.56. The van der Waals surface area contributed by atoms with E-state index < -0.39 is 10.0 Å². The molecule has 1 aromatic heterocycles. The molecule has 0 aliphatic carbocycles. The van der Waals surface area contributed by atoms with Gasteiger partial charge >= 0.3 is 0 Å². The number of nitrogens with zero attached hydrogens (tertiary/aromatic N) is 1. The first-order valence-electron chi connectivity index (χ1n) is 5.43. The van der Waals surface area contributed by atoms with E-state index in [1.807, 2.05) is 6.07 Å². The number of ether oxygens (including phenoxy) is 1. The fraction of sp³-hybridized carbons (Fsp3) is 0.0833. The van der Waals surface area contributed by atoms with E-state index in [0.29, 0.717) is 5.56 Å². The minimum absolute atomic E-state index is 0.0695. The van der Waals surface area contributed by atoms with Gasteiger partial charge in [-0.05, 0) is 18.2 Å². The predicted molar refractivity (Wildman–Crippen MR) is 82.9 cm³/mol. The third-order valence-electron chi connectivity index (χ3n) is 2.49. The Balaban J connectivity index is 2.42. The lowest BCUT2D eigenvalue weighted by Gasteiger charge is -2.11. The van der Waals surface area contributed by atoms with Crippen molar-refractivity contribution in [2.45, 2.75) is 4.90 Å². The maximum Gasteiger partial charge on any atom is 0.264 e. The maximum absolute atomic E-state index is 12.3. The Morgan fingerprint density at radius 2 is 2.05 bits per heavy atom. The number of thiophene rings is 1. The molecule has 5 nitrogen and oxygen atoms in total. The van der Waals surface area contributed by atoms with Crippen LogP contribution in [0.4, 0.5) is 5.69 Å². The van der Waals surface area contributed by atoms with Gasteiger partial charge in [0.05, 0.1) is 28.8 Å². The molecular weight excluding hydrogens is 355 g/mol. The zero-order chi connectivity index (χ0) is 15.6. The number of nitrogens with one attached hydrogen (secondary N) is 1. The SMILES string of the molecule is COc1cc(C#N)ccc1NS(=O)(=O)c1cc(Cl)sc1Cl. The van der Waals surface area contributed by atoms with Crippen LogP contribution >= 0.6 is 34.5 Å². The average molecular weight is 363 g/mol. The highest BCUT2D eigenvalue weighted by Gasteiger charge is 2.22. The molecular formula is C12H8Cl2N2O3S2. The van der Waals surface area contributed by atoms with E-state index >= 15 is 0 Å². The quantitative estimate of drug-likeness (QED) is 0.898. The zero-order valence-corrected chi connectivity index (χ0v) is 13.7. The molecule has 0 aliphatic rings. The van der Waals surface area contributed by atoms with Gasteiger partial charge in [-0.15, -0.1) is 11.3 Å². The third-order valence-corrected chi connectivity index (χ3v) is 5.61. The molecule has 110 valence electrons. The molecule has 1 aromatic carbocycles. The Kier molecular flexibility index (Phi) is 4.64. The predicted octanol–water partition coefficient (Wildman–Crippen LogP) is 3.74. The summed E-state index contributed by atoms with van der Waals surface area (Å²) in [7, 11) is -2.52. The molecule has 0 radical (unpaired) electrons. The Morgan fingerprint density at radius 1 is 1.33 bits per heavy atom. The molecule has 0 aliphatic heterocycles. The lowest BCUT2D eigenvalue weighted by atomic mass is 10.2. The van der Waals surface area contributed by atoms with E-state index in [1.165, 1.54) is 31.4 Å². The van der Waals surface area contributed by atoms with Crippen LogP contribution in [-0.4, -0.2) is 15.5 Å². The maximum atomic E-state index is 12.3. The fourth-order valence-electron chi connectivity index (χ4n) is 1.55. The monoisotopic (exact) mass is 362 g/mol. The summed E-state index contributed by atoms with van der Waals surface area (Å²) in [5.41, 5.74) is 0.557. The molecule has 2 rings (SSSR count). The van der Waals surface area contributed by atoms with Crippen molar-refractivity contribution < 1.29 is 13.2 Å². The van der Waals surface area contributed by atoms with Crippen LogP contribution in [0.3, 0.4) is 0 Å². The second-order valence-corrected chi connectivity index (χ2v) is 7.76. The van der Waals surface area contributed by atoms with E-state index in [2.05, 4.69) is 4.72 Å². The first kappa shape index (κ1) is 15.9. The number of methoxy groups -OCH3 is 1. The van der Waals surface area contributed by atoms with E-state index in [-0.39, 0.29) is 25.0 Å². The molecule has 0 saturated carbocycles. The first-order chi connectivity index (χ1) is 9.87. The summed E-state index contributed by atoms with van der Waals surface area (Å²) >= 11 is 12.6. The summed E-state index contributed by atoms with van der Waals surface area (Å²) in [5, 5.41) is 8.82. The van der Waals surface area contributed by atoms with E-state index in [0.717, 1.165) is 11.3 Å². The molecule has 0 spiro atoms.